The van der Waals surface area contributed by atoms with Crippen molar-refractivity contribution in [1.82, 2.24) is 19.6 Å². The zero-order chi connectivity index (χ0) is 14.7. The summed E-state index contributed by atoms with van der Waals surface area (Å²) in [6.07, 6.45) is 9.43. The molecule has 7 heteroatoms. The molecule has 21 heavy (non-hydrogen) atoms. The van der Waals surface area contributed by atoms with E-state index in [1.165, 1.54) is 0 Å². The molecule has 1 saturated carbocycles. The first-order valence-electron chi connectivity index (χ1n) is 7.84. The van der Waals surface area contributed by atoms with E-state index < -0.39 is 10.0 Å². The van der Waals surface area contributed by atoms with Gasteiger partial charge >= 0.3 is 0 Å². The van der Waals surface area contributed by atoms with Crippen molar-refractivity contribution in [3.63, 3.8) is 0 Å². The number of aromatic amines is 1. The van der Waals surface area contributed by atoms with Gasteiger partial charge in [0, 0.05) is 31.0 Å². The molecule has 6 nitrogen and oxygen atoms in total. The van der Waals surface area contributed by atoms with Gasteiger partial charge < -0.3 is 4.98 Å². The zero-order valence-electron chi connectivity index (χ0n) is 12.3. The van der Waals surface area contributed by atoms with Crippen LogP contribution < -0.4 is 4.72 Å². The van der Waals surface area contributed by atoms with Crippen LogP contribution in [0.2, 0.25) is 0 Å². The molecule has 0 bridgehead atoms. The quantitative estimate of drug-likeness (QED) is 0.857. The molecule has 2 N–H and O–H groups in total. The lowest BCUT2D eigenvalue weighted by Gasteiger charge is -2.32. The molecule has 3 rings (SSSR count). The third kappa shape index (κ3) is 3.84. The first-order valence-corrected chi connectivity index (χ1v) is 9.39. The summed E-state index contributed by atoms with van der Waals surface area (Å²) in [5.41, 5.74) is 1.04. The van der Waals surface area contributed by atoms with Gasteiger partial charge in [-0.25, -0.2) is 18.1 Å². The van der Waals surface area contributed by atoms with Crippen LogP contribution in [0.5, 0.6) is 0 Å². The minimum Gasteiger partial charge on any atom is -0.347 e. The molecule has 1 saturated heterocycles. The molecular weight excluding hydrogens is 288 g/mol. The maximum absolute atomic E-state index is 12.5. The van der Waals surface area contributed by atoms with Crippen molar-refractivity contribution in [3.8, 4) is 0 Å². The van der Waals surface area contributed by atoms with E-state index in [9.17, 15) is 8.42 Å². The predicted octanol–water partition coefficient (Wildman–Crippen LogP) is 1.24. The van der Waals surface area contributed by atoms with Crippen molar-refractivity contribution in [3.05, 3.63) is 18.2 Å². The number of nitrogens with one attached hydrogen (secondary N) is 2. The number of H-pyrrole nitrogens is 1. The second kappa shape index (κ2) is 6.46. The Bertz CT molecular complexity index is 537. The second-order valence-corrected chi connectivity index (χ2v) is 8.21. The molecule has 0 aromatic carbocycles. The van der Waals surface area contributed by atoms with Gasteiger partial charge in [-0.15, -0.1) is 0 Å². The number of hydrogen-bond donors (Lipinski definition) is 2. The normalized spacial score (nSPS) is 25.4. The van der Waals surface area contributed by atoms with Gasteiger partial charge in [0.05, 0.1) is 11.6 Å². The molecule has 2 fully saturated rings. The molecule has 1 aromatic rings. The van der Waals surface area contributed by atoms with E-state index in [0.29, 0.717) is 6.54 Å². The molecule has 2 heterocycles. The minimum absolute atomic E-state index is 0.165. The predicted molar refractivity (Wildman–Crippen MR) is 81.2 cm³/mol. The SMILES string of the molecule is O=S(=O)(NC1CCCC1)[C@H]1CCCN(Cc2cnc[nH]2)C1. The van der Waals surface area contributed by atoms with Crippen LogP contribution >= 0.6 is 0 Å². The lowest BCUT2D eigenvalue weighted by atomic mass is 10.1. The van der Waals surface area contributed by atoms with Crippen LogP contribution in [0.15, 0.2) is 12.5 Å². The maximum Gasteiger partial charge on any atom is 0.215 e. The summed E-state index contributed by atoms with van der Waals surface area (Å²) in [6.45, 7) is 2.31. The van der Waals surface area contributed by atoms with Crippen LogP contribution in [0.4, 0.5) is 0 Å². The Hall–Kier alpha value is -0.920. The van der Waals surface area contributed by atoms with Crippen LogP contribution in [0, 0.1) is 0 Å². The molecule has 0 spiro atoms. The summed E-state index contributed by atoms with van der Waals surface area (Å²) in [4.78, 5) is 9.29. The zero-order valence-corrected chi connectivity index (χ0v) is 13.1. The third-order valence-corrected chi connectivity index (χ3v) is 6.46. The molecule has 1 atom stereocenters. The number of hydrogen-bond acceptors (Lipinski definition) is 4. The van der Waals surface area contributed by atoms with Crippen LogP contribution in [-0.4, -0.2) is 47.7 Å². The number of aromatic nitrogens is 2. The Kier molecular flexibility index (Phi) is 4.61. The van der Waals surface area contributed by atoms with Crippen molar-refractivity contribution < 1.29 is 8.42 Å². The van der Waals surface area contributed by atoms with Gasteiger partial charge in [0.25, 0.3) is 0 Å². The van der Waals surface area contributed by atoms with E-state index >= 15 is 0 Å². The van der Waals surface area contributed by atoms with Gasteiger partial charge in [-0.2, -0.15) is 0 Å². The largest absolute Gasteiger partial charge is 0.347 e. The highest BCUT2D eigenvalue weighted by molar-refractivity contribution is 7.90. The molecule has 118 valence electrons. The summed E-state index contributed by atoms with van der Waals surface area (Å²) in [7, 11) is -3.20. The van der Waals surface area contributed by atoms with Gasteiger partial charge in [-0.1, -0.05) is 12.8 Å². The van der Waals surface area contributed by atoms with E-state index in [-0.39, 0.29) is 11.3 Å². The molecule has 0 amide bonds. The molecular formula is C14H24N4O2S. The highest BCUT2D eigenvalue weighted by atomic mass is 32.2. The Labute approximate surface area is 126 Å². The summed E-state index contributed by atoms with van der Waals surface area (Å²) < 4.78 is 28.0. The lowest BCUT2D eigenvalue weighted by Crippen LogP contribution is -2.48. The standard InChI is InChI=1S/C14H24N4O2S/c19-21(20,17-12-4-1-2-5-12)14-6-3-7-18(10-14)9-13-8-15-11-16-13/h8,11-12,14,17H,1-7,9-10H2,(H,15,16)/t14-/m0/s1. The van der Waals surface area contributed by atoms with Crippen molar-refractivity contribution in [1.29, 1.82) is 0 Å². The lowest BCUT2D eigenvalue weighted by molar-refractivity contribution is 0.219. The third-order valence-electron chi connectivity index (χ3n) is 4.54. The second-order valence-electron chi connectivity index (χ2n) is 6.22. The number of sulfonamides is 1. The van der Waals surface area contributed by atoms with Crippen molar-refractivity contribution in [2.75, 3.05) is 13.1 Å². The number of imidazole rings is 1. The fourth-order valence-electron chi connectivity index (χ4n) is 3.39. The van der Waals surface area contributed by atoms with Crippen LogP contribution in [-0.2, 0) is 16.6 Å². The monoisotopic (exact) mass is 312 g/mol. The van der Waals surface area contributed by atoms with Gasteiger partial charge in [-0.3, -0.25) is 4.90 Å². The summed E-state index contributed by atoms with van der Waals surface area (Å²) >= 11 is 0. The van der Waals surface area contributed by atoms with E-state index in [2.05, 4.69) is 19.6 Å². The molecule has 0 radical (unpaired) electrons. The smallest absolute Gasteiger partial charge is 0.215 e. The Balaban J connectivity index is 1.59. The highest BCUT2D eigenvalue weighted by Gasteiger charge is 2.33. The number of rotatable bonds is 5. The highest BCUT2D eigenvalue weighted by Crippen LogP contribution is 2.22. The minimum atomic E-state index is -3.20. The molecule has 1 aromatic heterocycles. The van der Waals surface area contributed by atoms with Crippen LogP contribution in [0.25, 0.3) is 0 Å². The summed E-state index contributed by atoms with van der Waals surface area (Å²) in [5, 5.41) is -0.283. The average molecular weight is 312 g/mol. The molecule has 2 aliphatic rings. The topological polar surface area (TPSA) is 78.1 Å². The summed E-state index contributed by atoms with van der Waals surface area (Å²) in [6, 6.07) is 0.165. The van der Waals surface area contributed by atoms with Gasteiger partial charge in [0.15, 0.2) is 0 Å². The number of nitrogens with zero attached hydrogens (tertiary/aromatic N) is 2. The Morgan fingerprint density at radius 1 is 1.29 bits per heavy atom. The number of likely N-dealkylation sites (tertiary alicyclic amines) is 1. The Morgan fingerprint density at radius 3 is 2.81 bits per heavy atom. The van der Waals surface area contributed by atoms with E-state index in [1.54, 1.807) is 12.5 Å². The molecule has 0 unspecified atom stereocenters. The van der Waals surface area contributed by atoms with Crippen molar-refractivity contribution in [2.24, 2.45) is 0 Å². The molecule has 1 aliphatic carbocycles. The van der Waals surface area contributed by atoms with E-state index in [1.807, 2.05) is 0 Å². The van der Waals surface area contributed by atoms with Gasteiger partial charge in [-0.05, 0) is 32.2 Å². The first kappa shape index (κ1) is 15.0. The van der Waals surface area contributed by atoms with Crippen LogP contribution in [0.3, 0.4) is 0 Å². The Morgan fingerprint density at radius 2 is 2.10 bits per heavy atom. The van der Waals surface area contributed by atoms with Crippen molar-refractivity contribution in [2.45, 2.75) is 56.4 Å². The van der Waals surface area contributed by atoms with E-state index in [0.717, 1.165) is 57.3 Å². The maximum atomic E-state index is 12.5. The summed E-state index contributed by atoms with van der Waals surface area (Å²) in [5.74, 6) is 0. The van der Waals surface area contributed by atoms with E-state index in [4.69, 9.17) is 0 Å². The first-order chi connectivity index (χ1) is 10.1. The molecule has 1 aliphatic heterocycles. The van der Waals surface area contributed by atoms with Crippen molar-refractivity contribution >= 4 is 10.0 Å². The van der Waals surface area contributed by atoms with Crippen LogP contribution in [0.1, 0.15) is 44.2 Å². The fraction of sp³-hybridized carbons (Fsp3) is 0.786. The van der Waals surface area contributed by atoms with Gasteiger partial charge in [0.2, 0.25) is 10.0 Å². The average Bonchev–Trinajstić information content (AvgIpc) is 3.12. The van der Waals surface area contributed by atoms with Gasteiger partial charge in [0.1, 0.15) is 0 Å². The number of piperidine rings is 1. The fourth-order valence-corrected chi connectivity index (χ4v) is 5.17.